The molecule has 0 atom stereocenters. The lowest BCUT2D eigenvalue weighted by molar-refractivity contribution is 1.31. The number of hydrogen-bond donors (Lipinski definition) is 1. The largest absolute Gasteiger partial charge is 0.387 e. The van der Waals surface area contributed by atoms with E-state index in [1.54, 1.807) is 6.92 Å². The predicted octanol–water partition coefficient (Wildman–Crippen LogP) is 2.24. The number of nitrogens with two attached hydrogens (primary N) is 1. The van der Waals surface area contributed by atoms with Crippen molar-refractivity contribution in [1.82, 2.24) is 4.98 Å². The van der Waals surface area contributed by atoms with Crippen molar-refractivity contribution < 1.29 is 0 Å². The van der Waals surface area contributed by atoms with Gasteiger partial charge in [0.1, 0.15) is 0 Å². The van der Waals surface area contributed by atoms with Gasteiger partial charge in [-0.25, -0.2) is 9.98 Å². The summed E-state index contributed by atoms with van der Waals surface area (Å²) in [6.45, 7) is 1.75. The van der Waals surface area contributed by atoms with Crippen molar-refractivity contribution in [2.75, 3.05) is 0 Å². The average molecular weight is 185 g/mol. The molecule has 0 aliphatic heterocycles. The van der Waals surface area contributed by atoms with Crippen molar-refractivity contribution >= 4 is 22.6 Å². The number of pyridine rings is 1. The van der Waals surface area contributed by atoms with Crippen molar-refractivity contribution in [2.45, 2.75) is 6.92 Å². The van der Waals surface area contributed by atoms with Crippen molar-refractivity contribution in [1.29, 1.82) is 0 Å². The van der Waals surface area contributed by atoms with Gasteiger partial charge in [0, 0.05) is 5.39 Å². The highest BCUT2D eigenvalue weighted by atomic mass is 14.9. The Morgan fingerprint density at radius 3 is 2.79 bits per heavy atom. The molecule has 14 heavy (non-hydrogen) atoms. The first-order valence-corrected chi connectivity index (χ1v) is 4.42. The highest BCUT2D eigenvalue weighted by molar-refractivity contribution is 5.83. The predicted molar refractivity (Wildman–Crippen MR) is 58.7 cm³/mol. The molecule has 2 N–H and O–H groups in total. The van der Waals surface area contributed by atoms with Crippen LogP contribution in [0.4, 0.5) is 5.82 Å². The standard InChI is InChI=1S/C11H11N3/c1-8(12)13-11-7-6-9-4-2-3-5-10(9)14-11/h2-7H,1H3,(H2,12,13,14). The molecule has 3 nitrogen and oxygen atoms in total. The van der Waals surface area contributed by atoms with Gasteiger partial charge in [-0.2, -0.15) is 0 Å². The first-order valence-electron chi connectivity index (χ1n) is 4.42. The Labute approximate surface area is 82.3 Å². The molecular weight excluding hydrogens is 174 g/mol. The van der Waals surface area contributed by atoms with E-state index in [-0.39, 0.29) is 0 Å². The van der Waals surface area contributed by atoms with E-state index in [2.05, 4.69) is 9.98 Å². The Hall–Kier alpha value is -1.90. The average Bonchev–Trinajstić information content (AvgIpc) is 2.17. The van der Waals surface area contributed by atoms with Gasteiger partial charge in [0.2, 0.25) is 0 Å². The smallest absolute Gasteiger partial charge is 0.154 e. The van der Waals surface area contributed by atoms with E-state index in [1.165, 1.54) is 0 Å². The van der Waals surface area contributed by atoms with Gasteiger partial charge in [-0.05, 0) is 25.1 Å². The molecule has 2 rings (SSSR count). The molecule has 0 aliphatic carbocycles. The summed E-state index contributed by atoms with van der Waals surface area (Å²) in [7, 11) is 0. The summed E-state index contributed by atoms with van der Waals surface area (Å²) < 4.78 is 0. The molecule has 0 radical (unpaired) electrons. The maximum Gasteiger partial charge on any atom is 0.154 e. The molecule has 3 heteroatoms. The molecule has 2 aromatic rings. The summed E-state index contributed by atoms with van der Waals surface area (Å²) in [5, 5.41) is 1.11. The van der Waals surface area contributed by atoms with Crippen LogP contribution in [0.1, 0.15) is 6.92 Å². The third kappa shape index (κ3) is 1.71. The van der Waals surface area contributed by atoms with E-state index >= 15 is 0 Å². The van der Waals surface area contributed by atoms with Gasteiger partial charge < -0.3 is 5.73 Å². The minimum atomic E-state index is 0.521. The Morgan fingerprint density at radius 2 is 2.00 bits per heavy atom. The monoisotopic (exact) mass is 185 g/mol. The van der Waals surface area contributed by atoms with E-state index in [0.29, 0.717) is 11.7 Å². The Bertz CT molecular complexity index is 485. The minimum Gasteiger partial charge on any atom is -0.387 e. The van der Waals surface area contributed by atoms with Crippen molar-refractivity contribution in [3.63, 3.8) is 0 Å². The molecule has 70 valence electrons. The lowest BCUT2D eigenvalue weighted by Crippen LogP contribution is -2.04. The van der Waals surface area contributed by atoms with E-state index in [9.17, 15) is 0 Å². The summed E-state index contributed by atoms with van der Waals surface area (Å²) in [4.78, 5) is 8.44. The number of hydrogen-bond acceptors (Lipinski definition) is 2. The summed E-state index contributed by atoms with van der Waals surface area (Å²) >= 11 is 0. The zero-order valence-electron chi connectivity index (χ0n) is 7.94. The van der Waals surface area contributed by atoms with Crippen LogP contribution in [0.25, 0.3) is 10.9 Å². The molecule has 0 saturated carbocycles. The summed E-state index contributed by atoms with van der Waals surface area (Å²) in [6.07, 6.45) is 0. The second-order valence-corrected chi connectivity index (χ2v) is 3.12. The summed E-state index contributed by atoms with van der Waals surface area (Å²) in [5.74, 6) is 1.18. The fraction of sp³-hybridized carbons (Fsp3) is 0.0909. The van der Waals surface area contributed by atoms with Gasteiger partial charge in [-0.1, -0.05) is 18.2 Å². The Morgan fingerprint density at radius 1 is 1.21 bits per heavy atom. The first-order chi connectivity index (χ1) is 6.75. The highest BCUT2D eigenvalue weighted by Gasteiger charge is 1.95. The van der Waals surface area contributed by atoms with E-state index < -0.39 is 0 Å². The second kappa shape index (κ2) is 3.46. The van der Waals surface area contributed by atoms with Crippen LogP contribution in [-0.4, -0.2) is 10.8 Å². The zero-order valence-corrected chi connectivity index (χ0v) is 7.94. The molecule has 0 aliphatic rings. The van der Waals surface area contributed by atoms with Crippen LogP contribution in [0.2, 0.25) is 0 Å². The van der Waals surface area contributed by atoms with Gasteiger partial charge in [-0.3, -0.25) is 0 Å². The van der Waals surface area contributed by atoms with Gasteiger partial charge in [-0.15, -0.1) is 0 Å². The normalized spacial score (nSPS) is 11.9. The maximum absolute atomic E-state index is 5.48. The van der Waals surface area contributed by atoms with Gasteiger partial charge in [0.05, 0.1) is 11.4 Å². The lowest BCUT2D eigenvalue weighted by Gasteiger charge is -1.98. The minimum absolute atomic E-state index is 0.521. The van der Waals surface area contributed by atoms with Gasteiger partial charge in [0.25, 0.3) is 0 Å². The van der Waals surface area contributed by atoms with Gasteiger partial charge >= 0.3 is 0 Å². The van der Waals surface area contributed by atoms with Crippen LogP contribution in [-0.2, 0) is 0 Å². The SMILES string of the molecule is CC(N)=Nc1ccc2ccccc2n1. The molecule has 0 amide bonds. The zero-order chi connectivity index (χ0) is 9.97. The number of aliphatic imine (C=N–C) groups is 1. The number of benzene rings is 1. The molecule has 0 saturated heterocycles. The Kier molecular flexibility index (Phi) is 2.14. The topological polar surface area (TPSA) is 51.3 Å². The number of fused-ring (bicyclic) bond motifs is 1. The number of rotatable bonds is 1. The van der Waals surface area contributed by atoms with Crippen LogP contribution < -0.4 is 5.73 Å². The highest BCUT2D eigenvalue weighted by Crippen LogP contribution is 2.16. The maximum atomic E-state index is 5.48. The van der Waals surface area contributed by atoms with Crippen LogP contribution in [0.3, 0.4) is 0 Å². The fourth-order valence-corrected chi connectivity index (χ4v) is 1.30. The molecule has 1 heterocycles. The lowest BCUT2D eigenvalue weighted by atomic mass is 10.2. The van der Waals surface area contributed by atoms with Crippen LogP contribution in [0.5, 0.6) is 0 Å². The van der Waals surface area contributed by atoms with Crippen molar-refractivity contribution in [2.24, 2.45) is 10.7 Å². The second-order valence-electron chi connectivity index (χ2n) is 3.12. The number of amidine groups is 1. The number of nitrogens with zero attached hydrogens (tertiary/aromatic N) is 2. The summed E-state index contributed by atoms with van der Waals surface area (Å²) in [5.41, 5.74) is 6.42. The molecular formula is C11H11N3. The van der Waals surface area contributed by atoms with Crippen molar-refractivity contribution in [3.05, 3.63) is 36.4 Å². The van der Waals surface area contributed by atoms with Crippen LogP contribution >= 0.6 is 0 Å². The molecule has 0 bridgehead atoms. The third-order valence-electron chi connectivity index (χ3n) is 1.87. The molecule has 0 fully saturated rings. The fourth-order valence-electron chi connectivity index (χ4n) is 1.30. The van der Waals surface area contributed by atoms with Gasteiger partial charge in [0.15, 0.2) is 5.82 Å². The van der Waals surface area contributed by atoms with Crippen molar-refractivity contribution in [3.8, 4) is 0 Å². The number of para-hydroxylation sites is 1. The first kappa shape index (κ1) is 8.69. The summed E-state index contributed by atoms with van der Waals surface area (Å²) in [6, 6.07) is 11.8. The molecule has 0 unspecified atom stereocenters. The van der Waals surface area contributed by atoms with E-state index in [0.717, 1.165) is 10.9 Å². The molecule has 1 aromatic heterocycles. The van der Waals surface area contributed by atoms with E-state index in [4.69, 9.17) is 5.73 Å². The number of aromatic nitrogens is 1. The van der Waals surface area contributed by atoms with E-state index in [1.807, 2.05) is 36.4 Å². The van der Waals surface area contributed by atoms with Crippen LogP contribution in [0.15, 0.2) is 41.4 Å². The Balaban J connectivity index is 2.57. The quantitative estimate of drug-likeness (QED) is 0.547. The molecule has 1 aromatic carbocycles. The van der Waals surface area contributed by atoms with Crippen LogP contribution in [0, 0.1) is 0 Å². The third-order valence-corrected chi connectivity index (χ3v) is 1.87. The molecule has 0 spiro atoms.